The summed E-state index contributed by atoms with van der Waals surface area (Å²) in [6.07, 6.45) is 4.32. The predicted molar refractivity (Wildman–Crippen MR) is 84.5 cm³/mol. The number of amides is 1. The Hall–Kier alpha value is -1.07. The quantitative estimate of drug-likeness (QED) is 0.759. The van der Waals surface area contributed by atoms with Crippen LogP contribution in [-0.2, 0) is 9.53 Å². The van der Waals surface area contributed by atoms with Crippen molar-refractivity contribution in [2.24, 2.45) is 0 Å². The number of ether oxygens (including phenoxy) is 1. The zero-order chi connectivity index (χ0) is 15.2. The predicted octanol–water partition coefficient (Wildman–Crippen LogP) is 3.66. The fourth-order valence-electron chi connectivity index (χ4n) is 2.27. The number of rotatable bonds is 3. The maximum atomic E-state index is 12.0. The summed E-state index contributed by atoms with van der Waals surface area (Å²) >= 11 is 9.23. The summed E-state index contributed by atoms with van der Waals surface area (Å²) in [4.78, 5) is 25.8. The van der Waals surface area contributed by atoms with Crippen LogP contribution >= 0.6 is 27.5 Å². The van der Waals surface area contributed by atoms with E-state index in [1.54, 1.807) is 23.1 Å². The second-order valence-electron chi connectivity index (χ2n) is 5.00. The number of hydrogen-bond donors (Lipinski definition) is 0. The minimum absolute atomic E-state index is 0.142. The van der Waals surface area contributed by atoms with E-state index in [0.29, 0.717) is 5.02 Å². The number of esters is 1. The zero-order valence-electron chi connectivity index (χ0n) is 11.6. The lowest BCUT2D eigenvalue weighted by atomic mass is 10.2. The molecule has 0 radical (unpaired) electrons. The number of carbonyl (C=O) groups excluding carboxylic acids is 2. The molecular weight excluding hydrogens is 358 g/mol. The van der Waals surface area contributed by atoms with Crippen LogP contribution in [0.25, 0.3) is 0 Å². The van der Waals surface area contributed by atoms with Crippen LogP contribution in [0.4, 0.5) is 0 Å². The van der Waals surface area contributed by atoms with Crippen LogP contribution in [-0.4, -0.2) is 36.5 Å². The first kappa shape index (κ1) is 16.3. The van der Waals surface area contributed by atoms with Crippen molar-refractivity contribution in [2.75, 3.05) is 19.7 Å². The average Bonchev–Trinajstić information content (AvgIpc) is 2.76. The molecule has 1 heterocycles. The highest BCUT2D eigenvalue weighted by molar-refractivity contribution is 9.10. The molecule has 21 heavy (non-hydrogen) atoms. The smallest absolute Gasteiger partial charge is 0.340 e. The van der Waals surface area contributed by atoms with Crippen molar-refractivity contribution in [2.45, 2.75) is 25.7 Å². The van der Waals surface area contributed by atoms with Crippen LogP contribution in [0.1, 0.15) is 36.0 Å². The fourth-order valence-corrected chi connectivity index (χ4v) is 2.83. The topological polar surface area (TPSA) is 46.6 Å². The van der Waals surface area contributed by atoms with Crippen molar-refractivity contribution in [3.63, 3.8) is 0 Å². The van der Waals surface area contributed by atoms with Gasteiger partial charge in [-0.3, -0.25) is 4.79 Å². The molecule has 1 aromatic carbocycles. The van der Waals surface area contributed by atoms with Crippen LogP contribution in [0.3, 0.4) is 0 Å². The van der Waals surface area contributed by atoms with E-state index in [0.717, 1.165) is 43.2 Å². The van der Waals surface area contributed by atoms with Gasteiger partial charge in [0, 0.05) is 17.6 Å². The molecule has 1 fully saturated rings. The summed E-state index contributed by atoms with van der Waals surface area (Å²) in [6.45, 7) is 1.25. The van der Waals surface area contributed by atoms with Crippen molar-refractivity contribution >= 4 is 39.4 Å². The van der Waals surface area contributed by atoms with Gasteiger partial charge in [0.1, 0.15) is 0 Å². The van der Waals surface area contributed by atoms with Crippen molar-refractivity contribution in [1.29, 1.82) is 0 Å². The lowest BCUT2D eigenvalue weighted by Gasteiger charge is -2.20. The van der Waals surface area contributed by atoms with Crippen molar-refractivity contribution < 1.29 is 14.3 Å². The molecule has 4 nitrogen and oxygen atoms in total. The van der Waals surface area contributed by atoms with Crippen LogP contribution in [0.5, 0.6) is 0 Å². The molecule has 1 amide bonds. The van der Waals surface area contributed by atoms with E-state index >= 15 is 0 Å². The van der Waals surface area contributed by atoms with E-state index in [1.165, 1.54) is 0 Å². The lowest BCUT2D eigenvalue weighted by Crippen LogP contribution is -2.35. The second kappa shape index (κ2) is 7.80. The summed E-state index contributed by atoms with van der Waals surface area (Å²) in [5.74, 6) is -0.721. The Labute approximate surface area is 137 Å². The molecule has 1 aliphatic heterocycles. The summed E-state index contributed by atoms with van der Waals surface area (Å²) in [7, 11) is 0. The minimum atomic E-state index is -0.579. The lowest BCUT2D eigenvalue weighted by molar-refractivity contribution is -0.134. The molecular formula is C15H17BrClNO3. The highest BCUT2D eigenvalue weighted by Gasteiger charge is 2.19. The SMILES string of the molecule is O=C(OCC(=O)N1CCCCCC1)c1cc(Br)ccc1Cl. The Balaban J connectivity index is 1.91. The monoisotopic (exact) mass is 373 g/mol. The number of nitrogens with zero attached hydrogens (tertiary/aromatic N) is 1. The Morgan fingerprint density at radius 2 is 1.86 bits per heavy atom. The molecule has 0 unspecified atom stereocenters. The summed E-state index contributed by atoms with van der Waals surface area (Å²) < 4.78 is 5.82. The van der Waals surface area contributed by atoms with Gasteiger partial charge in [-0.1, -0.05) is 40.4 Å². The van der Waals surface area contributed by atoms with Gasteiger partial charge in [0.05, 0.1) is 10.6 Å². The number of benzene rings is 1. The summed E-state index contributed by atoms with van der Waals surface area (Å²) in [5.41, 5.74) is 0.259. The third-order valence-corrected chi connectivity index (χ3v) is 4.26. The molecule has 0 atom stereocenters. The van der Waals surface area contributed by atoms with Gasteiger partial charge in [-0.05, 0) is 31.0 Å². The van der Waals surface area contributed by atoms with Gasteiger partial charge < -0.3 is 9.64 Å². The Kier molecular flexibility index (Phi) is 6.06. The Morgan fingerprint density at radius 3 is 2.52 bits per heavy atom. The first-order valence-electron chi connectivity index (χ1n) is 6.98. The van der Waals surface area contributed by atoms with E-state index in [9.17, 15) is 9.59 Å². The molecule has 1 aliphatic rings. The zero-order valence-corrected chi connectivity index (χ0v) is 14.0. The molecule has 0 bridgehead atoms. The standard InChI is InChI=1S/C15H17BrClNO3/c16-11-5-6-13(17)12(9-11)15(20)21-10-14(19)18-7-3-1-2-4-8-18/h5-6,9H,1-4,7-8,10H2. The van der Waals surface area contributed by atoms with E-state index in [4.69, 9.17) is 16.3 Å². The normalized spacial score (nSPS) is 15.4. The first-order valence-corrected chi connectivity index (χ1v) is 8.15. The minimum Gasteiger partial charge on any atom is -0.452 e. The molecule has 0 spiro atoms. The van der Waals surface area contributed by atoms with E-state index in [2.05, 4.69) is 15.9 Å². The van der Waals surface area contributed by atoms with Crippen LogP contribution < -0.4 is 0 Å². The number of hydrogen-bond acceptors (Lipinski definition) is 3. The molecule has 1 saturated heterocycles. The fraction of sp³-hybridized carbons (Fsp3) is 0.467. The van der Waals surface area contributed by atoms with Gasteiger partial charge in [0.25, 0.3) is 5.91 Å². The summed E-state index contributed by atoms with van der Waals surface area (Å²) in [6, 6.07) is 4.93. The highest BCUT2D eigenvalue weighted by atomic mass is 79.9. The summed E-state index contributed by atoms with van der Waals surface area (Å²) in [5, 5.41) is 0.311. The molecule has 0 saturated carbocycles. The second-order valence-corrected chi connectivity index (χ2v) is 6.32. The van der Waals surface area contributed by atoms with E-state index in [1.807, 2.05) is 0 Å². The molecule has 1 aromatic rings. The highest BCUT2D eigenvalue weighted by Crippen LogP contribution is 2.21. The van der Waals surface area contributed by atoms with Crippen LogP contribution in [0, 0.1) is 0 Å². The number of halogens is 2. The van der Waals surface area contributed by atoms with Crippen molar-refractivity contribution in [1.82, 2.24) is 4.90 Å². The van der Waals surface area contributed by atoms with Gasteiger partial charge in [0.15, 0.2) is 6.61 Å². The van der Waals surface area contributed by atoms with E-state index < -0.39 is 5.97 Å². The number of likely N-dealkylation sites (tertiary alicyclic amines) is 1. The van der Waals surface area contributed by atoms with Gasteiger partial charge in [0.2, 0.25) is 0 Å². The van der Waals surface area contributed by atoms with Crippen LogP contribution in [0.15, 0.2) is 22.7 Å². The molecule has 6 heteroatoms. The molecule has 0 aromatic heterocycles. The van der Waals surface area contributed by atoms with Gasteiger partial charge in [-0.25, -0.2) is 4.79 Å². The van der Waals surface area contributed by atoms with Crippen molar-refractivity contribution in [3.8, 4) is 0 Å². The maximum absolute atomic E-state index is 12.0. The maximum Gasteiger partial charge on any atom is 0.340 e. The Bertz CT molecular complexity index is 528. The average molecular weight is 375 g/mol. The third-order valence-electron chi connectivity index (χ3n) is 3.43. The molecule has 0 N–H and O–H groups in total. The third kappa shape index (κ3) is 4.71. The first-order chi connectivity index (χ1) is 10.1. The molecule has 114 valence electrons. The Morgan fingerprint density at radius 1 is 1.19 bits per heavy atom. The van der Waals surface area contributed by atoms with Gasteiger partial charge in [-0.15, -0.1) is 0 Å². The van der Waals surface area contributed by atoms with Gasteiger partial charge in [-0.2, -0.15) is 0 Å². The largest absolute Gasteiger partial charge is 0.452 e. The van der Waals surface area contributed by atoms with Gasteiger partial charge >= 0.3 is 5.97 Å². The number of carbonyl (C=O) groups is 2. The van der Waals surface area contributed by atoms with Crippen LogP contribution in [0.2, 0.25) is 5.02 Å². The van der Waals surface area contributed by atoms with E-state index in [-0.39, 0.29) is 18.1 Å². The van der Waals surface area contributed by atoms with Crippen molar-refractivity contribution in [3.05, 3.63) is 33.3 Å². The molecule has 0 aliphatic carbocycles. The molecule has 2 rings (SSSR count).